The zero-order chi connectivity index (χ0) is 9.90. The van der Waals surface area contributed by atoms with Crippen molar-refractivity contribution in [3.8, 4) is 0 Å². The molecular formula is C10H18O3. The lowest BCUT2D eigenvalue weighted by Crippen LogP contribution is -2.43. The maximum absolute atomic E-state index is 10.9. The summed E-state index contributed by atoms with van der Waals surface area (Å²) in [5, 5.41) is 19.1. The second kappa shape index (κ2) is 4.09. The van der Waals surface area contributed by atoms with Crippen molar-refractivity contribution in [2.24, 2.45) is 5.92 Å². The Hall–Kier alpha value is -0.570. The highest BCUT2D eigenvalue weighted by Crippen LogP contribution is 2.35. The summed E-state index contributed by atoms with van der Waals surface area (Å²) in [5.41, 5.74) is -0.932. The molecule has 0 aromatic carbocycles. The fraction of sp³-hybridized carbons (Fsp3) is 0.900. The summed E-state index contributed by atoms with van der Waals surface area (Å²) in [4.78, 5) is 10.9. The smallest absolute Gasteiger partial charge is 0.309 e. The standard InChI is InChI=1S/C10H18O3/c1-2-8(9(11)12)10(13)6-4-3-5-7-10/h8,13H,2-7H2,1H3,(H,11,12)/t8-/m0/s1. The topological polar surface area (TPSA) is 57.5 Å². The minimum Gasteiger partial charge on any atom is -0.481 e. The number of rotatable bonds is 3. The minimum absolute atomic E-state index is 0.520. The first-order valence-corrected chi connectivity index (χ1v) is 5.05. The van der Waals surface area contributed by atoms with Gasteiger partial charge in [0.25, 0.3) is 0 Å². The Bertz CT molecular complexity index is 183. The molecule has 0 bridgehead atoms. The lowest BCUT2D eigenvalue weighted by atomic mass is 9.74. The molecule has 0 aromatic heterocycles. The Morgan fingerprint density at radius 2 is 1.92 bits per heavy atom. The molecule has 0 spiro atoms. The summed E-state index contributed by atoms with van der Waals surface area (Å²) in [6.07, 6.45) is 4.86. The molecule has 1 fully saturated rings. The predicted octanol–water partition coefficient (Wildman–Crippen LogP) is 1.79. The molecule has 1 atom stereocenters. The summed E-state index contributed by atoms with van der Waals surface area (Å²) >= 11 is 0. The maximum Gasteiger partial charge on any atom is 0.309 e. The number of carboxylic acids is 1. The molecule has 0 saturated heterocycles. The number of hydrogen-bond acceptors (Lipinski definition) is 2. The van der Waals surface area contributed by atoms with Crippen LogP contribution >= 0.6 is 0 Å². The molecule has 1 rings (SSSR count). The molecule has 3 heteroatoms. The van der Waals surface area contributed by atoms with E-state index in [9.17, 15) is 9.90 Å². The highest BCUT2D eigenvalue weighted by Gasteiger charge is 2.40. The Labute approximate surface area is 78.8 Å². The van der Waals surface area contributed by atoms with Gasteiger partial charge in [-0.1, -0.05) is 26.2 Å². The number of aliphatic carboxylic acids is 1. The van der Waals surface area contributed by atoms with E-state index >= 15 is 0 Å². The summed E-state index contributed by atoms with van der Waals surface area (Å²) in [6.45, 7) is 1.82. The molecule has 0 radical (unpaired) electrons. The van der Waals surface area contributed by atoms with E-state index in [-0.39, 0.29) is 0 Å². The number of carboxylic acid groups (broad SMARTS) is 1. The fourth-order valence-electron chi connectivity index (χ4n) is 2.30. The van der Waals surface area contributed by atoms with E-state index in [0.717, 1.165) is 19.3 Å². The van der Waals surface area contributed by atoms with E-state index in [1.165, 1.54) is 0 Å². The van der Waals surface area contributed by atoms with Crippen LogP contribution in [0.5, 0.6) is 0 Å². The van der Waals surface area contributed by atoms with Crippen LogP contribution in [0.15, 0.2) is 0 Å². The first-order valence-electron chi connectivity index (χ1n) is 5.05. The van der Waals surface area contributed by atoms with Crippen LogP contribution in [0, 0.1) is 5.92 Å². The molecule has 0 unspecified atom stereocenters. The van der Waals surface area contributed by atoms with Crippen molar-refractivity contribution in [2.45, 2.75) is 51.0 Å². The van der Waals surface area contributed by atoms with Crippen molar-refractivity contribution in [1.29, 1.82) is 0 Å². The Kier molecular flexibility index (Phi) is 3.31. The number of hydrogen-bond donors (Lipinski definition) is 2. The van der Waals surface area contributed by atoms with Gasteiger partial charge in [0, 0.05) is 0 Å². The third-order valence-electron chi connectivity index (χ3n) is 3.07. The van der Waals surface area contributed by atoms with Crippen molar-refractivity contribution in [2.75, 3.05) is 0 Å². The van der Waals surface area contributed by atoms with Gasteiger partial charge in [-0.05, 0) is 19.3 Å². The van der Waals surface area contributed by atoms with E-state index in [0.29, 0.717) is 19.3 Å². The molecule has 1 saturated carbocycles. The molecule has 1 aliphatic rings. The molecule has 3 nitrogen and oxygen atoms in total. The van der Waals surface area contributed by atoms with Crippen LogP contribution in [0.2, 0.25) is 0 Å². The van der Waals surface area contributed by atoms with Gasteiger partial charge in [-0.2, -0.15) is 0 Å². The fourth-order valence-corrected chi connectivity index (χ4v) is 2.30. The number of aliphatic hydroxyl groups is 1. The van der Waals surface area contributed by atoms with Crippen molar-refractivity contribution in [1.82, 2.24) is 0 Å². The van der Waals surface area contributed by atoms with Gasteiger partial charge >= 0.3 is 5.97 Å². The molecular weight excluding hydrogens is 168 g/mol. The summed E-state index contributed by atoms with van der Waals surface area (Å²) in [5.74, 6) is -1.43. The van der Waals surface area contributed by atoms with Crippen LogP contribution in [-0.4, -0.2) is 21.8 Å². The van der Waals surface area contributed by atoms with E-state index in [1.54, 1.807) is 0 Å². The first-order chi connectivity index (χ1) is 6.10. The van der Waals surface area contributed by atoms with E-state index in [2.05, 4.69) is 0 Å². The Balaban J connectivity index is 2.68. The predicted molar refractivity (Wildman–Crippen MR) is 49.5 cm³/mol. The van der Waals surface area contributed by atoms with Gasteiger partial charge in [0.05, 0.1) is 11.5 Å². The third-order valence-corrected chi connectivity index (χ3v) is 3.07. The third kappa shape index (κ3) is 2.21. The van der Waals surface area contributed by atoms with Crippen molar-refractivity contribution < 1.29 is 15.0 Å². The highest BCUT2D eigenvalue weighted by molar-refractivity contribution is 5.71. The molecule has 1 aliphatic carbocycles. The van der Waals surface area contributed by atoms with Gasteiger partial charge in [0.1, 0.15) is 0 Å². The van der Waals surface area contributed by atoms with E-state index in [4.69, 9.17) is 5.11 Å². The minimum atomic E-state index is -0.932. The Morgan fingerprint density at radius 1 is 1.38 bits per heavy atom. The highest BCUT2D eigenvalue weighted by atomic mass is 16.4. The molecule has 13 heavy (non-hydrogen) atoms. The van der Waals surface area contributed by atoms with Crippen molar-refractivity contribution >= 4 is 5.97 Å². The summed E-state index contributed by atoms with van der Waals surface area (Å²) < 4.78 is 0. The Morgan fingerprint density at radius 3 is 2.31 bits per heavy atom. The van der Waals surface area contributed by atoms with E-state index in [1.807, 2.05) is 6.92 Å². The quantitative estimate of drug-likeness (QED) is 0.706. The SMILES string of the molecule is CC[C@@H](C(=O)O)C1(O)CCCCC1. The summed E-state index contributed by atoms with van der Waals surface area (Å²) in [6, 6.07) is 0. The monoisotopic (exact) mass is 186 g/mol. The van der Waals surface area contributed by atoms with Crippen LogP contribution in [0.25, 0.3) is 0 Å². The van der Waals surface area contributed by atoms with Crippen LogP contribution in [-0.2, 0) is 4.79 Å². The van der Waals surface area contributed by atoms with Crippen LogP contribution in [0.1, 0.15) is 45.4 Å². The van der Waals surface area contributed by atoms with Crippen molar-refractivity contribution in [3.05, 3.63) is 0 Å². The second-order valence-electron chi connectivity index (χ2n) is 3.96. The molecule has 0 aliphatic heterocycles. The second-order valence-corrected chi connectivity index (χ2v) is 3.96. The molecule has 0 heterocycles. The number of carbonyl (C=O) groups is 1. The van der Waals surface area contributed by atoms with Crippen LogP contribution < -0.4 is 0 Å². The molecule has 2 N–H and O–H groups in total. The molecule has 0 aromatic rings. The lowest BCUT2D eigenvalue weighted by molar-refractivity contribution is -0.155. The zero-order valence-electron chi connectivity index (χ0n) is 8.12. The van der Waals surface area contributed by atoms with Gasteiger partial charge in [-0.15, -0.1) is 0 Å². The van der Waals surface area contributed by atoms with Gasteiger partial charge in [-0.3, -0.25) is 4.79 Å². The zero-order valence-corrected chi connectivity index (χ0v) is 8.12. The van der Waals surface area contributed by atoms with Crippen LogP contribution in [0.3, 0.4) is 0 Å². The maximum atomic E-state index is 10.9. The van der Waals surface area contributed by atoms with Gasteiger partial charge < -0.3 is 10.2 Å². The summed E-state index contributed by atoms with van der Waals surface area (Å²) in [7, 11) is 0. The molecule has 0 amide bonds. The normalized spacial score (nSPS) is 23.8. The average molecular weight is 186 g/mol. The average Bonchev–Trinajstić information content (AvgIpc) is 2.05. The van der Waals surface area contributed by atoms with Crippen molar-refractivity contribution in [3.63, 3.8) is 0 Å². The first kappa shape index (κ1) is 10.5. The van der Waals surface area contributed by atoms with Gasteiger partial charge in [0.2, 0.25) is 0 Å². The molecule has 76 valence electrons. The van der Waals surface area contributed by atoms with Gasteiger partial charge in [0.15, 0.2) is 0 Å². The lowest BCUT2D eigenvalue weighted by Gasteiger charge is -2.36. The van der Waals surface area contributed by atoms with E-state index < -0.39 is 17.5 Å². The largest absolute Gasteiger partial charge is 0.481 e. The van der Waals surface area contributed by atoms with Crippen LogP contribution in [0.4, 0.5) is 0 Å². The van der Waals surface area contributed by atoms with Gasteiger partial charge in [-0.25, -0.2) is 0 Å².